The number of halogens is 1. The van der Waals surface area contributed by atoms with Gasteiger partial charge < -0.3 is 20.5 Å². The molecule has 8 heteroatoms. The van der Waals surface area contributed by atoms with Crippen LogP contribution in [0.2, 0.25) is 0 Å². The number of hydrogen-bond acceptors (Lipinski definition) is 3. The zero-order valence-electron chi connectivity index (χ0n) is 16.6. The van der Waals surface area contributed by atoms with Gasteiger partial charge in [0.15, 0.2) is 5.96 Å². The summed E-state index contributed by atoms with van der Waals surface area (Å²) in [5.41, 5.74) is 1.98. The molecule has 0 aliphatic carbocycles. The van der Waals surface area contributed by atoms with Crippen molar-refractivity contribution in [3.8, 4) is 0 Å². The van der Waals surface area contributed by atoms with Crippen molar-refractivity contribution < 1.29 is 9.18 Å². The van der Waals surface area contributed by atoms with Gasteiger partial charge in [-0.2, -0.15) is 0 Å². The van der Waals surface area contributed by atoms with Gasteiger partial charge in [0.2, 0.25) is 5.91 Å². The van der Waals surface area contributed by atoms with Gasteiger partial charge in [-0.05, 0) is 30.2 Å². The van der Waals surface area contributed by atoms with E-state index in [1.54, 1.807) is 14.0 Å². The molecule has 2 aromatic rings. The van der Waals surface area contributed by atoms with Crippen molar-refractivity contribution in [3.05, 3.63) is 35.8 Å². The molecule has 0 unspecified atom stereocenters. The van der Waals surface area contributed by atoms with E-state index >= 15 is 0 Å². The molecule has 1 aromatic heterocycles. The minimum absolute atomic E-state index is 0.155. The van der Waals surface area contributed by atoms with E-state index in [-0.39, 0.29) is 11.7 Å². The molecule has 1 aromatic carbocycles. The van der Waals surface area contributed by atoms with Crippen molar-refractivity contribution in [3.63, 3.8) is 0 Å². The van der Waals surface area contributed by atoms with Crippen LogP contribution in [0.15, 0.2) is 29.4 Å². The standard InChI is InChI=1S/C20H29FN6O/c1-15(28)27-11-9-26(10-12-27)8-7-24-20(22-2)23-6-5-16-14-25-19-13-17(21)3-4-18(16)19/h3-4,13-14,25H,5-12H2,1-2H3,(H2,22,23,24). The molecule has 0 radical (unpaired) electrons. The Kier molecular flexibility index (Phi) is 6.86. The lowest BCUT2D eigenvalue weighted by Gasteiger charge is -2.34. The van der Waals surface area contributed by atoms with Crippen LogP contribution in [0.3, 0.4) is 0 Å². The summed E-state index contributed by atoms with van der Waals surface area (Å²) in [6.45, 7) is 7.51. The van der Waals surface area contributed by atoms with Crippen molar-refractivity contribution in [2.24, 2.45) is 4.99 Å². The van der Waals surface area contributed by atoms with Gasteiger partial charge in [-0.1, -0.05) is 0 Å². The first-order valence-electron chi connectivity index (χ1n) is 9.74. The minimum Gasteiger partial charge on any atom is -0.361 e. The van der Waals surface area contributed by atoms with Crippen LogP contribution in [0, 0.1) is 5.82 Å². The number of hydrogen-bond donors (Lipinski definition) is 3. The van der Waals surface area contributed by atoms with Crippen LogP contribution in [0.5, 0.6) is 0 Å². The number of piperazine rings is 1. The number of guanidine groups is 1. The van der Waals surface area contributed by atoms with Crippen LogP contribution in [0.1, 0.15) is 12.5 Å². The van der Waals surface area contributed by atoms with Crippen LogP contribution in [0.25, 0.3) is 10.9 Å². The van der Waals surface area contributed by atoms with Crippen molar-refractivity contribution in [1.82, 2.24) is 25.4 Å². The molecule has 0 atom stereocenters. The molecule has 0 bridgehead atoms. The summed E-state index contributed by atoms with van der Waals surface area (Å²) in [6, 6.07) is 4.82. The van der Waals surface area contributed by atoms with Crippen LogP contribution in [-0.4, -0.2) is 79.5 Å². The molecule has 3 rings (SSSR count). The summed E-state index contributed by atoms with van der Waals surface area (Å²) >= 11 is 0. The fourth-order valence-electron chi connectivity index (χ4n) is 3.52. The number of benzene rings is 1. The van der Waals surface area contributed by atoms with Gasteiger partial charge >= 0.3 is 0 Å². The first-order chi connectivity index (χ1) is 13.6. The van der Waals surface area contributed by atoms with Crippen molar-refractivity contribution in [2.75, 3.05) is 52.9 Å². The molecule has 3 N–H and O–H groups in total. The van der Waals surface area contributed by atoms with Gasteiger partial charge in [0.1, 0.15) is 5.82 Å². The monoisotopic (exact) mass is 388 g/mol. The maximum Gasteiger partial charge on any atom is 0.219 e. The molecule has 1 aliphatic rings. The second kappa shape index (κ2) is 9.54. The number of H-pyrrole nitrogens is 1. The highest BCUT2D eigenvalue weighted by atomic mass is 19.1. The Bertz CT molecular complexity index is 825. The van der Waals surface area contributed by atoms with Gasteiger partial charge in [0.25, 0.3) is 0 Å². The second-order valence-corrected chi connectivity index (χ2v) is 7.03. The SMILES string of the molecule is CN=C(NCCc1c[nH]c2cc(F)ccc12)NCCN1CCN(C(C)=O)CC1. The van der Waals surface area contributed by atoms with Gasteiger partial charge in [-0.15, -0.1) is 0 Å². The van der Waals surface area contributed by atoms with E-state index in [4.69, 9.17) is 0 Å². The molecular formula is C20H29FN6O. The minimum atomic E-state index is -0.230. The van der Waals surface area contributed by atoms with Crippen molar-refractivity contribution in [1.29, 1.82) is 0 Å². The number of aromatic amines is 1. The Morgan fingerprint density at radius 1 is 1.21 bits per heavy atom. The van der Waals surface area contributed by atoms with Crippen LogP contribution in [0.4, 0.5) is 4.39 Å². The summed E-state index contributed by atoms with van der Waals surface area (Å²) in [5, 5.41) is 7.71. The lowest BCUT2D eigenvalue weighted by Crippen LogP contribution is -2.50. The van der Waals surface area contributed by atoms with E-state index in [0.717, 1.165) is 74.7 Å². The second-order valence-electron chi connectivity index (χ2n) is 7.03. The Labute approximate surface area is 165 Å². The third kappa shape index (κ3) is 5.22. The van der Waals surface area contributed by atoms with Crippen LogP contribution in [-0.2, 0) is 11.2 Å². The number of aliphatic imine (C=N–C) groups is 1. The van der Waals surface area contributed by atoms with Gasteiger partial charge in [-0.3, -0.25) is 14.7 Å². The van der Waals surface area contributed by atoms with Crippen molar-refractivity contribution in [2.45, 2.75) is 13.3 Å². The molecule has 1 amide bonds. The topological polar surface area (TPSA) is 75.8 Å². The molecule has 0 spiro atoms. The number of fused-ring (bicyclic) bond motifs is 1. The quantitative estimate of drug-likeness (QED) is 0.513. The summed E-state index contributed by atoms with van der Waals surface area (Å²) in [5.74, 6) is 0.697. The molecule has 152 valence electrons. The van der Waals surface area contributed by atoms with E-state index in [1.807, 2.05) is 17.2 Å². The molecule has 1 aliphatic heterocycles. The Balaban J connectivity index is 1.37. The largest absolute Gasteiger partial charge is 0.361 e. The highest BCUT2D eigenvalue weighted by Gasteiger charge is 2.17. The van der Waals surface area contributed by atoms with E-state index < -0.39 is 0 Å². The lowest BCUT2D eigenvalue weighted by molar-refractivity contribution is -0.130. The number of nitrogens with zero attached hydrogens (tertiary/aromatic N) is 3. The van der Waals surface area contributed by atoms with Crippen LogP contribution < -0.4 is 10.6 Å². The zero-order chi connectivity index (χ0) is 19.9. The average molecular weight is 388 g/mol. The molecule has 0 saturated carbocycles. The Morgan fingerprint density at radius 2 is 1.96 bits per heavy atom. The van der Waals surface area contributed by atoms with E-state index in [0.29, 0.717) is 0 Å². The first kappa shape index (κ1) is 20.1. The fraction of sp³-hybridized carbons (Fsp3) is 0.500. The number of carbonyl (C=O) groups excluding carboxylic acids is 1. The first-order valence-corrected chi connectivity index (χ1v) is 9.74. The number of aromatic nitrogens is 1. The smallest absolute Gasteiger partial charge is 0.219 e. The maximum absolute atomic E-state index is 13.3. The molecule has 1 saturated heterocycles. The summed E-state index contributed by atoms with van der Waals surface area (Å²) in [4.78, 5) is 23.0. The molecule has 7 nitrogen and oxygen atoms in total. The normalized spacial score (nSPS) is 15.8. The maximum atomic E-state index is 13.3. The predicted molar refractivity (Wildman–Crippen MR) is 110 cm³/mol. The van der Waals surface area contributed by atoms with Gasteiger partial charge in [0, 0.05) is 76.9 Å². The lowest BCUT2D eigenvalue weighted by atomic mass is 10.1. The molecular weight excluding hydrogens is 359 g/mol. The summed E-state index contributed by atoms with van der Waals surface area (Å²) in [7, 11) is 1.76. The van der Waals surface area contributed by atoms with Gasteiger partial charge in [0.05, 0.1) is 0 Å². The fourth-order valence-corrected chi connectivity index (χ4v) is 3.52. The van der Waals surface area contributed by atoms with E-state index in [2.05, 4.69) is 25.5 Å². The highest BCUT2D eigenvalue weighted by Crippen LogP contribution is 2.19. The third-order valence-corrected chi connectivity index (χ3v) is 5.18. The molecule has 28 heavy (non-hydrogen) atoms. The van der Waals surface area contributed by atoms with Gasteiger partial charge in [-0.25, -0.2) is 4.39 Å². The van der Waals surface area contributed by atoms with Crippen LogP contribution >= 0.6 is 0 Å². The van der Waals surface area contributed by atoms with E-state index in [9.17, 15) is 9.18 Å². The molecule has 2 heterocycles. The number of amides is 1. The summed E-state index contributed by atoms with van der Waals surface area (Å²) in [6.07, 6.45) is 2.75. The number of carbonyl (C=O) groups is 1. The molecule has 1 fully saturated rings. The third-order valence-electron chi connectivity index (χ3n) is 5.18. The Morgan fingerprint density at radius 3 is 2.68 bits per heavy atom. The van der Waals surface area contributed by atoms with Crippen molar-refractivity contribution >= 4 is 22.8 Å². The van der Waals surface area contributed by atoms with E-state index in [1.165, 1.54) is 12.1 Å². The summed E-state index contributed by atoms with van der Waals surface area (Å²) < 4.78 is 13.3. The number of rotatable bonds is 6. The average Bonchev–Trinajstić information content (AvgIpc) is 3.09. The Hall–Kier alpha value is -2.61. The highest BCUT2D eigenvalue weighted by molar-refractivity contribution is 5.83. The number of nitrogens with one attached hydrogen (secondary N) is 3. The zero-order valence-corrected chi connectivity index (χ0v) is 16.6. The predicted octanol–water partition coefficient (Wildman–Crippen LogP) is 1.18.